The maximum absolute atomic E-state index is 5.81. The summed E-state index contributed by atoms with van der Waals surface area (Å²) >= 11 is 0. The number of methoxy groups -OCH3 is 2. The van der Waals surface area contributed by atoms with Crippen molar-refractivity contribution in [2.75, 3.05) is 40.5 Å². The molecule has 1 atom stereocenters. The molecule has 1 heterocycles. The fourth-order valence-electron chi connectivity index (χ4n) is 2.31. The van der Waals surface area contributed by atoms with E-state index < -0.39 is 0 Å². The SMILES string of the molecule is CCNCc1cc(CN(CCOC)C(C)COC)c(C)o1. The molecule has 1 rings (SSSR count). The van der Waals surface area contributed by atoms with Crippen LogP contribution in [0.5, 0.6) is 0 Å². The minimum absolute atomic E-state index is 0.344. The molecule has 5 heteroatoms. The molecular formula is C16H30N2O3. The molecule has 1 aromatic rings. The van der Waals surface area contributed by atoms with Crippen LogP contribution in [0.15, 0.2) is 10.5 Å². The molecule has 122 valence electrons. The van der Waals surface area contributed by atoms with Gasteiger partial charge in [0.05, 0.1) is 19.8 Å². The quantitative estimate of drug-likeness (QED) is 0.678. The second-order valence-corrected chi connectivity index (χ2v) is 5.34. The predicted molar refractivity (Wildman–Crippen MR) is 84.4 cm³/mol. The Kier molecular flexibility index (Phi) is 8.61. The van der Waals surface area contributed by atoms with Gasteiger partial charge in [-0.15, -0.1) is 0 Å². The van der Waals surface area contributed by atoms with Crippen molar-refractivity contribution in [2.24, 2.45) is 0 Å². The number of nitrogens with zero attached hydrogens (tertiary/aromatic N) is 1. The maximum atomic E-state index is 5.81. The third-order valence-electron chi connectivity index (χ3n) is 3.61. The Hall–Kier alpha value is -0.880. The van der Waals surface area contributed by atoms with E-state index in [0.717, 1.165) is 44.3 Å². The van der Waals surface area contributed by atoms with Gasteiger partial charge >= 0.3 is 0 Å². The first-order valence-electron chi connectivity index (χ1n) is 7.63. The van der Waals surface area contributed by atoms with Crippen LogP contribution in [0, 0.1) is 6.92 Å². The summed E-state index contributed by atoms with van der Waals surface area (Å²) < 4.78 is 16.3. The zero-order valence-corrected chi connectivity index (χ0v) is 14.1. The van der Waals surface area contributed by atoms with E-state index in [1.807, 2.05) is 6.92 Å². The van der Waals surface area contributed by atoms with Crippen LogP contribution in [0.3, 0.4) is 0 Å². The van der Waals surface area contributed by atoms with Gasteiger partial charge in [0.25, 0.3) is 0 Å². The summed E-state index contributed by atoms with van der Waals surface area (Å²) in [6.45, 7) is 11.2. The molecule has 0 radical (unpaired) electrons. The molecule has 0 amide bonds. The lowest BCUT2D eigenvalue weighted by atomic mass is 10.2. The largest absolute Gasteiger partial charge is 0.465 e. The first-order valence-corrected chi connectivity index (χ1v) is 7.63. The van der Waals surface area contributed by atoms with Gasteiger partial charge in [0.15, 0.2) is 0 Å². The average molecular weight is 298 g/mol. The fourth-order valence-corrected chi connectivity index (χ4v) is 2.31. The van der Waals surface area contributed by atoms with Crippen LogP contribution in [0.2, 0.25) is 0 Å². The number of hydrogen-bond acceptors (Lipinski definition) is 5. The second-order valence-electron chi connectivity index (χ2n) is 5.34. The van der Waals surface area contributed by atoms with Crippen LogP contribution >= 0.6 is 0 Å². The van der Waals surface area contributed by atoms with Gasteiger partial charge in [-0.2, -0.15) is 0 Å². The Bertz CT molecular complexity index is 393. The normalized spacial score (nSPS) is 13.0. The summed E-state index contributed by atoms with van der Waals surface area (Å²) in [4.78, 5) is 2.36. The number of aryl methyl sites for hydroxylation is 1. The summed E-state index contributed by atoms with van der Waals surface area (Å²) in [5, 5.41) is 3.29. The molecule has 1 unspecified atom stereocenters. The molecule has 1 N–H and O–H groups in total. The Labute approximate surface area is 128 Å². The monoisotopic (exact) mass is 298 g/mol. The van der Waals surface area contributed by atoms with Crippen molar-refractivity contribution in [3.8, 4) is 0 Å². The van der Waals surface area contributed by atoms with Gasteiger partial charge < -0.3 is 19.2 Å². The van der Waals surface area contributed by atoms with Gasteiger partial charge in [-0.25, -0.2) is 0 Å². The summed E-state index contributed by atoms with van der Waals surface area (Å²) in [5.74, 6) is 1.99. The minimum Gasteiger partial charge on any atom is -0.465 e. The summed E-state index contributed by atoms with van der Waals surface area (Å²) in [5.41, 5.74) is 1.24. The topological polar surface area (TPSA) is 46.9 Å². The smallest absolute Gasteiger partial charge is 0.118 e. The van der Waals surface area contributed by atoms with Crippen molar-refractivity contribution in [1.29, 1.82) is 0 Å². The standard InChI is InChI=1S/C16H30N2O3/c1-6-17-10-16-9-15(14(3)21-16)11-18(7-8-19-4)13(2)12-20-5/h9,13,17H,6-8,10-12H2,1-5H3. The lowest BCUT2D eigenvalue weighted by Crippen LogP contribution is -2.38. The summed E-state index contributed by atoms with van der Waals surface area (Å²) in [6.07, 6.45) is 0. The average Bonchev–Trinajstić information content (AvgIpc) is 2.81. The Morgan fingerprint density at radius 1 is 1.33 bits per heavy atom. The highest BCUT2D eigenvalue weighted by molar-refractivity contribution is 5.20. The first kappa shape index (κ1) is 18.2. The molecule has 5 nitrogen and oxygen atoms in total. The molecule has 1 aromatic heterocycles. The molecule has 0 fully saturated rings. The third-order valence-corrected chi connectivity index (χ3v) is 3.61. The van der Waals surface area contributed by atoms with E-state index in [-0.39, 0.29) is 0 Å². The van der Waals surface area contributed by atoms with Gasteiger partial charge in [0.2, 0.25) is 0 Å². The van der Waals surface area contributed by atoms with Gasteiger partial charge in [0, 0.05) is 38.9 Å². The molecular weight excluding hydrogens is 268 g/mol. The number of ether oxygens (including phenoxy) is 2. The molecule has 0 aliphatic carbocycles. The van der Waals surface area contributed by atoms with E-state index in [4.69, 9.17) is 13.9 Å². The van der Waals surface area contributed by atoms with E-state index in [1.54, 1.807) is 14.2 Å². The van der Waals surface area contributed by atoms with E-state index in [0.29, 0.717) is 12.6 Å². The molecule has 21 heavy (non-hydrogen) atoms. The number of hydrogen-bond donors (Lipinski definition) is 1. The van der Waals surface area contributed by atoms with Crippen molar-refractivity contribution < 1.29 is 13.9 Å². The van der Waals surface area contributed by atoms with Crippen molar-refractivity contribution in [3.63, 3.8) is 0 Å². The maximum Gasteiger partial charge on any atom is 0.118 e. The van der Waals surface area contributed by atoms with Gasteiger partial charge in [-0.1, -0.05) is 6.92 Å². The van der Waals surface area contributed by atoms with Gasteiger partial charge in [0.1, 0.15) is 11.5 Å². The molecule has 0 aliphatic rings. The van der Waals surface area contributed by atoms with Crippen LogP contribution in [-0.2, 0) is 22.6 Å². The van der Waals surface area contributed by atoms with E-state index >= 15 is 0 Å². The zero-order chi connectivity index (χ0) is 15.7. The molecule has 0 saturated carbocycles. The van der Waals surface area contributed by atoms with Crippen molar-refractivity contribution >= 4 is 0 Å². The Balaban J connectivity index is 2.70. The van der Waals surface area contributed by atoms with Crippen LogP contribution in [0.4, 0.5) is 0 Å². The van der Waals surface area contributed by atoms with Gasteiger partial charge in [-0.05, 0) is 26.5 Å². The highest BCUT2D eigenvalue weighted by Crippen LogP contribution is 2.18. The molecule has 0 saturated heterocycles. The van der Waals surface area contributed by atoms with E-state index in [1.165, 1.54) is 5.56 Å². The highest BCUT2D eigenvalue weighted by atomic mass is 16.5. The van der Waals surface area contributed by atoms with E-state index in [9.17, 15) is 0 Å². The second kappa shape index (κ2) is 9.95. The zero-order valence-electron chi connectivity index (χ0n) is 14.1. The van der Waals surface area contributed by atoms with Crippen LogP contribution in [0.1, 0.15) is 30.9 Å². The van der Waals surface area contributed by atoms with Crippen molar-refractivity contribution in [3.05, 3.63) is 23.2 Å². The third kappa shape index (κ3) is 6.18. The molecule has 0 aliphatic heterocycles. The lowest BCUT2D eigenvalue weighted by molar-refractivity contribution is 0.0702. The van der Waals surface area contributed by atoms with Crippen LogP contribution in [0.25, 0.3) is 0 Å². The van der Waals surface area contributed by atoms with Crippen LogP contribution in [-0.4, -0.2) is 51.5 Å². The van der Waals surface area contributed by atoms with Crippen LogP contribution < -0.4 is 5.32 Å². The summed E-state index contributed by atoms with van der Waals surface area (Å²) in [7, 11) is 3.47. The number of furan rings is 1. The Morgan fingerprint density at radius 2 is 2.10 bits per heavy atom. The summed E-state index contributed by atoms with van der Waals surface area (Å²) in [6, 6.07) is 2.49. The highest BCUT2D eigenvalue weighted by Gasteiger charge is 2.17. The molecule has 0 spiro atoms. The Morgan fingerprint density at radius 3 is 2.71 bits per heavy atom. The predicted octanol–water partition coefficient (Wildman–Crippen LogP) is 2.18. The molecule has 0 bridgehead atoms. The fraction of sp³-hybridized carbons (Fsp3) is 0.750. The number of nitrogens with one attached hydrogen (secondary N) is 1. The lowest BCUT2D eigenvalue weighted by Gasteiger charge is -2.28. The van der Waals surface area contributed by atoms with Gasteiger partial charge in [-0.3, -0.25) is 4.90 Å². The van der Waals surface area contributed by atoms with Crippen molar-refractivity contribution in [1.82, 2.24) is 10.2 Å². The minimum atomic E-state index is 0.344. The van der Waals surface area contributed by atoms with E-state index in [2.05, 4.69) is 30.1 Å². The van der Waals surface area contributed by atoms with Crippen molar-refractivity contribution in [2.45, 2.75) is 39.9 Å². The first-order chi connectivity index (χ1) is 10.1. The number of rotatable bonds is 11. The molecule has 0 aromatic carbocycles.